The molecule has 1 heterocycles. The third kappa shape index (κ3) is 4.61. The third-order valence-electron chi connectivity index (χ3n) is 2.95. The number of carboxylic acid groups (broad SMARTS) is 1. The number of nitrogens with one attached hydrogen (secondary N) is 1. The summed E-state index contributed by atoms with van der Waals surface area (Å²) >= 11 is 0. The van der Waals surface area contributed by atoms with E-state index in [0.29, 0.717) is 19.6 Å². The highest BCUT2D eigenvalue weighted by atomic mass is 32.2. The molecule has 1 rings (SSSR count). The topological polar surface area (TPSA) is 86.7 Å². The second-order valence-corrected chi connectivity index (χ2v) is 6.55. The molecular weight excluding hydrogens is 244 g/mol. The quantitative estimate of drug-likeness (QED) is 0.689. The third-order valence-corrected chi connectivity index (χ3v) is 4.80. The number of carboxylic acids is 1. The normalized spacial score (nSPS) is 22.5. The van der Waals surface area contributed by atoms with Crippen molar-refractivity contribution in [1.82, 2.24) is 9.62 Å². The van der Waals surface area contributed by atoms with Crippen LogP contribution >= 0.6 is 0 Å². The molecule has 100 valence electrons. The zero-order chi connectivity index (χ0) is 12.9. The van der Waals surface area contributed by atoms with Crippen molar-refractivity contribution < 1.29 is 18.3 Å². The first-order valence-corrected chi connectivity index (χ1v) is 7.47. The summed E-state index contributed by atoms with van der Waals surface area (Å²) in [4.78, 5) is 10.3. The standard InChI is InChI=1S/C10H20N2O4S/c1-2-17(15,16)12-5-3-4-9(8-12)6-11-7-10(13)14/h9,11H,2-8H2,1H3,(H,13,14). The van der Waals surface area contributed by atoms with Crippen molar-refractivity contribution in [3.63, 3.8) is 0 Å². The first kappa shape index (κ1) is 14.4. The van der Waals surface area contributed by atoms with Crippen molar-refractivity contribution >= 4 is 16.0 Å². The van der Waals surface area contributed by atoms with Gasteiger partial charge in [0.2, 0.25) is 10.0 Å². The Balaban J connectivity index is 2.41. The van der Waals surface area contributed by atoms with Gasteiger partial charge < -0.3 is 10.4 Å². The van der Waals surface area contributed by atoms with E-state index in [0.717, 1.165) is 12.8 Å². The van der Waals surface area contributed by atoms with Gasteiger partial charge in [0.15, 0.2) is 0 Å². The maximum absolute atomic E-state index is 11.7. The molecule has 1 aliphatic heterocycles. The molecule has 0 amide bonds. The van der Waals surface area contributed by atoms with E-state index in [9.17, 15) is 13.2 Å². The lowest BCUT2D eigenvalue weighted by Crippen LogP contribution is -2.43. The Labute approximate surface area is 102 Å². The molecule has 0 saturated carbocycles. The minimum absolute atomic E-state index is 0.0724. The molecule has 0 aromatic rings. The molecule has 6 nitrogen and oxygen atoms in total. The summed E-state index contributed by atoms with van der Waals surface area (Å²) in [6.07, 6.45) is 1.79. The molecule has 1 fully saturated rings. The van der Waals surface area contributed by atoms with Crippen LogP contribution in [0.3, 0.4) is 0 Å². The Hall–Kier alpha value is -0.660. The van der Waals surface area contributed by atoms with Gasteiger partial charge >= 0.3 is 5.97 Å². The Morgan fingerprint density at radius 1 is 1.53 bits per heavy atom. The van der Waals surface area contributed by atoms with Crippen molar-refractivity contribution in [2.75, 3.05) is 31.9 Å². The Bertz CT molecular complexity index is 355. The molecule has 0 radical (unpaired) electrons. The Kier molecular flexibility index (Phi) is 5.35. The number of aliphatic carboxylic acids is 1. The number of hydrogen-bond donors (Lipinski definition) is 2. The molecule has 0 aromatic heterocycles. The highest BCUT2D eigenvalue weighted by Crippen LogP contribution is 2.18. The minimum atomic E-state index is -3.11. The molecule has 0 aliphatic carbocycles. The highest BCUT2D eigenvalue weighted by molar-refractivity contribution is 7.89. The van der Waals surface area contributed by atoms with Crippen molar-refractivity contribution in [3.8, 4) is 0 Å². The van der Waals surface area contributed by atoms with Gasteiger partial charge in [-0.25, -0.2) is 12.7 Å². The fourth-order valence-electron chi connectivity index (χ4n) is 2.01. The average Bonchev–Trinajstić information content (AvgIpc) is 2.29. The van der Waals surface area contributed by atoms with Crippen LogP contribution in [-0.2, 0) is 14.8 Å². The van der Waals surface area contributed by atoms with Crippen LogP contribution in [-0.4, -0.2) is 55.7 Å². The number of piperidine rings is 1. The predicted octanol–water partition coefficient (Wildman–Crippen LogP) is -0.278. The maximum atomic E-state index is 11.7. The van der Waals surface area contributed by atoms with Gasteiger partial charge in [-0.15, -0.1) is 0 Å². The van der Waals surface area contributed by atoms with E-state index in [-0.39, 0.29) is 18.2 Å². The number of carbonyl (C=O) groups is 1. The SMILES string of the molecule is CCS(=O)(=O)N1CCCC(CNCC(=O)O)C1. The molecular formula is C10H20N2O4S. The van der Waals surface area contributed by atoms with Crippen LogP contribution in [0.15, 0.2) is 0 Å². The number of sulfonamides is 1. The molecule has 7 heteroatoms. The summed E-state index contributed by atoms with van der Waals surface area (Å²) in [6, 6.07) is 0. The van der Waals surface area contributed by atoms with Crippen LogP contribution < -0.4 is 5.32 Å². The summed E-state index contributed by atoms with van der Waals surface area (Å²) in [6.45, 7) is 3.22. The van der Waals surface area contributed by atoms with Gasteiger partial charge in [-0.05, 0) is 32.2 Å². The molecule has 0 bridgehead atoms. The van der Waals surface area contributed by atoms with Gasteiger partial charge in [0.1, 0.15) is 0 Å². The van der Waals surface area contributed by atoms with Crippen LogP contribution in [0.1, 0.15) is 19.8 Å². The van der Waals surface area contributed by atoms with Crippen LogP contribution in [0.2, 0.25) is 0 Å². The van der Waals surface area contributed by atoms with Gasteiger partial charge in [0, 0.05) is 13.1 Å². The smallest absolute Gasteiger partial charge is 0.317 e. The van der Waals surface area contributed by atoms with Crippen LogP contribution in [0.5, 0.6) is 0 Å². The average molecular weight is 264 g/mol. The first-order valence-electron chi connectivity index (χ1n) is 5.86. The zero-order valence-electron chi connectivity index (χ0n) is 10.1. The zero-order valence-corrected chi connectivity index (χ0v) is 10.9. The molecule has 1 saturated heterocycles. The number of rotatable bonds is 6. The van der Waals surface area contributed by atoms with Crippen molar-refractivity contribution in [2.45, 2.75) is 19.8 Å². The van der Waals surface area contributed by atoms with E-state index in [1.54, 1.807) is 6.92 Å². The van der Waals surface area contributed by atoms with Crippen LogP contribution in [0.25, 0.3) is 0 Å². The predicted molar refractivity (Wildman–Crippen MR) is 64.3 cm³/mol. The second kappa shape index (κ2) is 6.32. The van der Waals surface area contributed by atoms with Gasteiger partial charge in [0.25, 0.3) is 0 Å². The summed E-state index contributed by atoms with van der Waals surface area (Å²) in [5, 5.41) is 11.3. The summed E-state index contributed by atoms with van der Waals surface area (Å²) in [7, 11) is -3.11. The van der Waals surface area contributed by atoms with Crippen molar-refractivity contribution in [2.24, 2.45) is 5.92 Å². The molecule has 1 atom stereocenters. The minimum Gasteiger partial charge on any atom is -0.480 e. The lowest BCUT2D eigenvalue weighted by Gasteiger charge is -2.31. The van der Waals surface area contributed by atoms with Gasteiger partial charge in [-0.2, -0.15) is 0 Å². The van der Waals surface area contributed by atoms with E-state index in [4.69, 9.17) is 5.11 Å². The van der Waals surface area contributed by atoms with Crippen LogP contribution in [0, 0.1) is 5.92 Å². The largest absolute Gasteiger partial charge is 0.480 e. The van der Waals surface area contributed by atoms with Gasteiger partial charge in [-0.3, -0.25) is 4.79 Å². The van der Waals surface area contributed by atoms with Crippen LogP contribution in [0.4, 0.5) is 0 Å². The molecule has 0 aromatic carbocycles. The Morgan fingerprint density at radius 2 is 2.24 bits per heavy atom. The van der Waals surface area contributed by atoms with E-state index in [1.165, 1.54) is 4.31 Å². The van der Waals surface area contributed by atoms with E-state index >= 15 is 0 Å². The lowest BCUT2D eigenvalue weighted by atomic mass is 10.00. The van der Waals surface area contributed by atoms with Crippen molar-refractivity contribution in [3.05, 3.63) is 0 Å². The molecule has 2 N–H and O–H groups in total. The highest BCUT2D eigenvalue weighted by Gasteiger charge is 2.27. The molecule has 17 heavy (non-hydrogen) atoms. The van der Waals surface area contributed by atoms with Crippen molar-refractivity contribution in [1.29, 1.82) is 0 Å². The molecule has 0 spiro atoms. The monoisotopic (exact) mass is 264 g/mol. The fourth-order valence-corrected chi connectivity index (χ4v) is 3.22. The van der Waals surface area contributed by atoms with Gasteiger partial charge in [-0.1, -0.05) is 0 Å². The first-order chi connectivity index (χ1) is 7.95. The number of hydrogen-bond acceptors (Lipinski definition) is 4. The number of nitrogens with zero attached hydrogens (tertiary/aromatic N) is 1. The van der Waals surface area contributed by atoms with E-state index in [1.807, 2.05) is 0 Å². The molecule has 1 unspecified atom stereocenters. The second-order valence-electron chi connectivity index (χ2n) is 4.29. The molecule has 1 aliphatic rings. The maximum Gasteiger partial charge on any atom is 0.317 e. The van der Waals surface area contributed by atoms with E-state index < -0.39 is 16.0 Å². The van der Waals surface area contributed by atoms with Gasteiger partial charge in [0.05, 0.1) is 12.3 Å². The summed E-state index contributed by atoms with van der Waals surface area (Å²) in [5.41, 5.74) is 0. The summed E-state index contributed by atoms with van der Waals surface area (Å²) < 4.78 is 24.9. The lowest BCUT2D eigenvalue weighted by molar-refractivity contribution is -0.136. The van der Waals surface area contributed by atoms with E-state index in [2.05, 4.69) is 5.32 Å². The summed E-state index contributed by atoms with van der Waals surface area (Å²) in [5.74, 6) is -0.550. The Morgan fingerprint density at radius 3 is 2.82 bits per heavy atom. The fraction of sp³-hybridized carbons (Fsp3) is 0.900.